The molecule has 2 rings (SSSR count). The Morgan fingerprint density at radius 2 is 2.27 bits per heavy atom. The van der Waals surface area contributed by atoms with Gasteiger partial charge in [0.05, 0.1) is 4.11 Å². The first-order chi connectivity index (χ1) is 11.4. The Balaban J connectivity index is 2.32. The van der Waals surface area contributed by atoms with Gasteiger partial charge in [0.1, 0.15) is 12.2 Å². The third kappa shape index (κ3) is 3.70. The molecule has 0 spiro atoms. The molecule has 2 heterocycles. The number of H-pyrrole nitrogens is 1. The molecule has 1 unspecified atom stereocenters. The van der Waals surface area contributed by atoms with Gasteiger partial charge in [-0.2, -0.15) is 0 Å². The van der Waals surface area contributed by atoms with E-state index >= 15 is 0 Å². The molecule has 1 aromatic heterocycles. The highest BCUT2D eigenvalue weighted by Gasteiger charge is 2.46. The van der Waals surface area contributed by atoms with Crippen LogP contribution in [0.2, 0.25) is 0 Å². The summed E-state index contributed by atoms with van der Waals surface area (Å²) in [6.07, 6.45) is -6.75. The van der Waals surface area contributed by atoms with Crippen molar-refractivity contribution < 1.29 is 37.8 Å². The van der Waals surface area contributed by atoms with Gasteiger partial charge in [-0.3, -0.25) is 18.9 Å². The van der Waals surface area contributed by atoms with Gasteiger partial charge in [-0.05, 0) is 0 Å². The van der Waals surface area contributed by atoms with E-state index < -0.39 is 57.0 Å². The number of aromatic amines is 1. The molecule has 1 aliphatic rings. The molecule has 11 nitrogen and oxygen atoms in total. The van der Waals surface area contributed by atoms with Gasteiger partial charge in [0.25, 0.3) is 5.56 Å². The van der Waals surface area contributed by atoms with Crippen LogP contribution in [0.15, 0.2) is 21.9 Å². The number of methoxy groups -OCH3 is 1. The second-order valence-corrected chi connectivity index (χ2v) is 6.03. The molecule has 0 bridgehead atoms. The van der Waals surface area contributed by atoms with E-state index in [2.05, 4.69) is 0 Å². The molecule has 22 heavy (non-hydrogen) atoms. The standard InChI is InChI=1S/C10H15N2O9P/c1-19-7-6(14)9(20-4-22(16,17)18)21-8(7)12-3-2-5(13)11-10(12)15/h2-3,6-9,14H,4H2,1H3,(H,11,13,15)(H2,16,17,18)/t6-,7+,8+,9?/m0/s1/i1D3. The summed E-state index contributed by atoms with van der Waals surface area (Å²) in [5.74, 6) is 0. The number of rotatable bonds is 5. The van der Waals surface area contributed by atoms with Crippen LogP contribution < -0.4 is 11.2 Å². The van der Waals surface area contributed by atoms with Crippen molar-refractivity contribution in [1.82, 2.24) is 9.55 Å². The number of ether oxygens (including phenoxy) is 3. The van der Waals surface area contributed by atoms with Crippen molar-refractivity contribution in [3.05, 3.63) is 33.1 Å². The molecule has 124 valence electrons. The first-order valence-electron chi connectivity index (χ1n) is 7.36. The van der Waals surface area contributed by atoms with E-state index in [1.165, 1.54) is 0 Å². The van der Waals surface area contributed by atoms with Crippen molar-refractivity contribution in [2.75, 3.05) is 13.4 Å². The lowest BCUT2D eigenvalue weighted by molar-refractivity contribution is -0.168. The van der Waals surface area contributed by atoms with Crippen LogP contribution >= 0.6 is 7.60 Å². The molecule has 0 aliphatic carbocycles. The topological polar surface area (TPSA) is 160 Å². The Bertz CT molecular complexity index is 772. The zero-order valence-corrected chi connectivity index (χ0v) is 11.8. The van der Waals surface area contributed by atoms with Gasteiger partial charge in [0.2, 0.25) is 0 Å². The minimum Gasteiger partial charge on any atom is -0.385 e. The van der Waals surface area contributed by atoms with Crippen LogP contribution in [0.5, 0.6) is 0 Å². The molecule has 0 aromatic carbocycles. The summed E-state index contributed by atoms with van der Waals surface area (Å²) in [7, 11) is -7.57. The van der Waals surface area contributed by atoms with Gasteiger partial charge in [-0.25, -0.2) is 4.79 Å². The summed E-state index contributed by atoms with van der Waals surface area (Å²) < 4.78 is 47.7. The largest absolute Gasteiger partial charge is 0.385 e. The van der Waals surface area contributed by atoms with Gasteiger partial charge >= 0.3 is 13.3 Å². The Morgan fingerprint density at radius 1 is 1.55 bits per heavy atom. The molecule has 0 radical (unpaired) electrons. The highest BCUT2D eigenvalue weighted by Crippen LogP contribution is 2.37. The number of hydrogen-bond donors (Lipinski definition) is 4. The van der Waals surface area contributed by atoms with E-state index in [0.29, 0.717) is 0 Å². The van der Waals surface area contributed by atoms with Crippen molar-refractivity contribution in [3.63, 3.8) is 0 Å². The average Bonchev–Trinajstić information content (AvgIpc) is 2.71. The highest BCUT2D eigenvalue weighted by atomic mass is 31.2. The first-order valence-corrected chi connectivity index (χ1v) is 7.66. The lowest BCUT2D eigenvalue weighted by Gasteiger charge is -2.19. The molecule has 1 saturated heterocycles. The number of aliphatic hydroxyl groups excluding tert-OH is 1. The monoisotopic (exact) mass is 341 g/mol. The Hall–Kier alpha value is -1.33. The molecule has 1 fully saturated rings. The maximum Gasteiger partial charge on any atom is 0.351 e. The average molecular weight is 341 g/mol. The highest BCUT2D eigenvalue weighted by molar-refractivity contribution is 7.51. The van der Waals surface area contributed by atoms with E-state index in [-0.39, 0.29) is 0 Å². The summed E-state index contributed by atoms with van der Waals surface area (Å²) in [5, 5.41) is 10.1. The van der Waals surface area contributed by atoms with E-state index in [1.807, 2.05) is 4.98 Å². The molecule has 1 aromatic rings. The van der Waals surface area contributed by atoms with Crippen molar-refractivity contribution >= 4 is 7.60 Å². The second kappa shape index (κ2) is 6.42. The summed E-state index contributed by atoms with van der Waals surface area (Å²) in [5.41, 5.74) is -1.69. The Labute approximate surface area is 127 Å². The fourth-order valence-corrected chi connectivity index (χ4v) is 2.25. The van der Waals surface area contributed by atoms with Crippen LogP contribution in [0.25, 0.3) is 0 Å². The third-order valence-corrected chi connectivity index (χ3v) is 3.32. The van der Waals surface area contributed by atoms with Gasteiger partial charge in [0, 0.05) is 19.3 Å². The smallest absolute Gasteiger partial charge is 0.351 e. The first kappa shape index (κ1) is 13.1. The number of aromatic nitrogens is 2. The predicted octanol–water partition coefficient (Wildman–Crippen LogP) is -2.08. The third-order valence-electron chi connectivity index (χ3n) is 2.84. The molecular formula is C10H15N2O9P. The van der Waals surface area contributed by atoms with E-state index in [1.54, 1.807) is 0 Å². The molecule has 12 heteroatoms. The molecular weight excluding hydrogens is 323 g/mol. The minimum atomic E-state index is -4.59. The lowest BCUT2D eigenvalue weighted by atomic mass is 10.2. The molecule has 0 amide bonds. The summed E-state index contributed by atoms with van der Waals surface area (Å²) >= 11 is 0. The number of aliphatic hydroxyl groups is 1. The molecule has 4 N–H and O–H groups in total. The Morgan fingerprint density at radius 3 is 2.86 bits per heavy atom. The van der Waals surface area contributed by atoms with Crippen molar-refractivity contribution in [2.45, 2.75) is 24.7 Å². The van der Waals surface area contributed by atoms with Crippen LogP contribution in [-0.4, -0.2) is 56.3 Å². The second-order valence-electron chi connectivity index (χ2n) is 4.45. The van der Waals surface area contributed by atoms with Crippen LogP contribution in [-0.2, 0) is 18.8 Å². The maximum atomic E-state index is 11.9. The summed E-state index contributed by atoms with van der Waals surface area (Å²) in [6, 6.07) is 0.952. The van der Waals surface area contributed by atoms with Gasteiger partial charge in [-0.15, -0.1) is 0 Å². The summed E-state index contributed by atoms with van der Waals surface area (Å²) in [6.45, 7) is 0. The van der Waals surface area contributed by atoms with Gasteiger partial charge < -0.3 is 29.1 Å². The number of nitrogens with zero attached hydrogens (tertiary/aromatic N) is 1. The summed E-state index contributed by atoms with van der Waals surface area (Å²) in [4.78, 5) is 42.5. The minimum absolute atomic E-state index is 0.720. The van der Waals surface area contributed by atoms with Crippen LogP contribution in [0.3, 0.4) is 0 Å². The van der Waals surface area contributed by atoms with E-state index in [9.17, 15) is 19.3 Å². The van der Waals surface area contributed by atoms with Crippen LogP contribution in [0.4, 0.5) is 0 Å². The van der Waals surface area contributed by atoms with Gasteiger partial charge in [0.15, 0.2) is 18.9 Å². The quantitative estimate of drug-likeness (QED) is 0.441. The normalized spacial score (nSPS) is 31.5. The predicted molar refractivity (Wildman–Crippen MR) is 70.0 cm³/mol. The molecule has 0 saturated carbocycles. The molecule has 4 atom stereocenters. The van der Waals surface area contributed by atoms with Crippen LogP contribution in [0, 0.1) is 0 Å². The number of hydrogen-bond acceptors (Lipinski definition) is 7. The SMILES string of the molecule is [2H]C([2H])([2H])O[C@@H]1[C@H](O)C(OCP(=O)(O)O)O[C@H]1n1ccc(=O)[nH]c1=O. The lowest BCUT2D eigenvalue weighted by Crippen LogP contribution is -2.38. The fraction of sp³-hybridized carbons (Fsp3) is 0.600. The van der Waals surface area contributed by atoms with Crippen molar-refractivity contribution in [2.24, 2.45) is 0 Å². The zero-order chi connectivity index (χ0) is 19.0. The van der Waals surface area contributed by atoms with Crippen molar-refractivity contribution in [1.29, 1.82) is 0 Å². The van der Waals surface area contributed by atoms with Crippen molar-refractivity contribution in [3.8, 4) is 0 Å². The maximum absolute atomic E-state index is 11.9. The zero-order valence-electron chi connectivity index (χ0n) is 13.9. The van der Waals surface area contributed by atoms with Crippen LogP contribution in [0.1, 0.15) is 10.3 Å². The Kier molecular flexibility index (Phi) is 3.84. The fourth-order valence-electron chi connectivity index (χ4n) is 1.91. The van der Waals surface area contributed by atoms with E-state index in [0.717, 1.165) is 16.8 Å². The molecule has 1 aliphatic heterocycles. The van der Waals surface area contributed by atoms with Gasteiger partial charge in [-0.1, -0.05) is 0 Å². The van der Waals surface area contributed by atoms with E-state index in [4.69, 9.17) is 28.1 Å². The number of nitrogens with one attached hydrogen (secondary N) is 1.